The van der Waals surface area contributed by atoms with E-state index in [0.717, 1.165) is 10.8 Å². The Morgan fingerprint density at radius 1 is 1.13 bits per heavy atom. The van der Waals surface area contributed by atoms with E-state index >= 15 is 0 Å². The normalized spacial score (nSPS) is 11.1. The molecule has 0 aliphatic heterocycles. The van der Waals surface area contributed by atoms with Crippen LogP contribution in [-0.4, -0.2) is 17.5 Å². The second-order valence-corrected chi connectivity index (χ2v) is 3.37. The minimum absolute atomic E-state index is 0.362. The number of benzene rings is 2. The Labute approximate surface area is 88.4 Å². The lowest BCUT2D eigenvalue weighted by atomic mass is 10.1. The van der Waals surface area contributed by atoms with Gasteiger partial charge in [-0.15, -0.1) is 0 Å². The lowest BCUT2D eigenvalue weighted by Gasteiger charge is -2.11. The SMILES string of the molecule is CON(O)Cc1ccc2ccccc2c1. The van der Waals surface area contributed by atoms with Gasteiger partial charge in [-0.3, -0.25) is 10.0 Å². The van der Waals surface area contributed by atoms with Crippen LogP contribution >= 0.6 is 0 Å². The highest BCUT2D eigenvalue weighted by molar-refractivity contribution is 5.82. The predicted octanol–water partition coefficient (Wildman–Crippen LogP) is 2.59. The van der Waals surface area contributed by atoms with Crippen LogP contribution in [0.5, 0.6) is 0 Å². The molecule has 0 bridgehead atoms. The Balaban J connectivity index is 2.30. The summed E-state index contributed by atoms with van der Waals surface area (Å²) in [5.74, 6) is 0. The molecule has 0 unspecified atom stereocenters. The number of hydrogen-bond acceptors (Lipinski definition) is 3. The molecule has 3 heteroatoms. The Kier molecular flexibility index (Phi) is 2.97. The molecule has 2 aromatic carbocycles. The van der Waals surface area contributed by atoms with E-state index < -0.39 is 0 Å². The maximum Gasteiger partial charge on any atom is 0.0765 e. The Bertz CT molecular complexity index is 456. The van der Waals surface area contributed by atoms with Crippen LogP contribution in [0.15, 0.2) is 42.5 Å². The molecule has 1 N–H and O–H groups in total. The second kappa shape index (κ2) is 4.40. The van der Waals surface area contributed by atoms with Crippen LogP contribution in [0.4, 0.5) is 0 Å². The lowest BCUT2D eigenvalue weighted by Crippen LogP contribution is -2.16. The molecule has 0 saturated heterocycles. The van der Waals surface area contributed by atoms with Crippen LogP contribution in [0, 0.1) is 0 Å². The largest absolute Gasteiger partial charge is 0.289 e. The molecule has 0 saturated carbocycles. The Hall–Kier alpha value is -1.42. The molecule has 0 aliphatic rings. The molecule has 2 aromatic rings. The lowest BCUT2D eigenvalue weighted by molar-refractivity contribution is -0.333. The van der Waals surface area contributed by atoms with Crippen molar-refractivity contribution in [3.8, 4) is 0 Å². The smallest absolute Gasteiger partial charge is 0.0765 e. The van der Waals surface area contributed by atoms with E-state index in [0.29, 0.717) is 6.54 Å². The van der Waals surface area contributed by atoms with Crippen molar-refractivity contribution in [2.75, 3.05) is 7.11 Å². The molecule has 3 nitrogen and oxygen atoms in total. The predicted molar refractivity (Wildman–Crippen MR) is 58.3 cm³/mol. The van der Waals surface area contributed by atoms with Crippen LogP contribution in [-0.2, 0) is 11.4 Å². The average molecular weight is 203 g/mol. The number of rotatable bonds is 3. The van der Waals surface area contributed by atoms with Gasteiger partial charge in [0, 0.05) is 0 Å². The standard InChI is InChI=1S/C12H13NO2/c1-15-13(14)9-10-6-7-11-4-2-3-5-12(11)8-10/h2-8,14H,9H2,1H3. The van der Waals surface area contributed by atoms with Crippen molar-refractivity contribution in [1.29, 1.82) is 0 Å². The minimum atomic E-state index is 0.362. The first kappa shape index (κ1) is 10.1. The van der Waals surface area contributed by atoms with Crippen molar-refractivity contribution in [1.82, 2.24) is 5.23 Å². The van der Waals surface area contributed by atoms with Crippen LogP contribution in [0.3, 0.4) is 0 Å². The third-order valence-electron chi connectivity index (χ3n) is 2.34. The second-order valence-electron chi connectivity index (χ2n) is 3.37. The molecule has 0 aromatic heterocycles. The fourth-order valence-corrected chi connectivity index (χ4v) is 1.56. The average Bonchev–Trinajstić information content (AvgIpc) is 2.29. The first-order chi connectivity index (χ1) is 7.29. The zero-order valence-electron chi connectivity index (χ0n) is 8.55. The van der Waals surface area contributed by atoms with Crippen molar-refractivity contribution in [3.63, 3.8) is 0 Å². The van der Waals surface area contributed by atoms with Crippen molar-refractivity contribution >= 4 is 10.8 Å². The van der Waals surface area contributed by atoms with Crippen LogP contribution in [0.25, 0.3) is 10.8 Å². The van der Waals surface area contributed by atoms with Crippen LogP contribution in [0.1, 0.15) is 5.56 Å². The van der Waals surface area contributed by atoms with Gasteiger partial charge in [0.2, 0.25) is 0 Å². The Morgan fingerprint density at radius 3 is 2.60 bits per heavy atom. The number of nitrogens with zero attached hydrogens (tertiary/aromatic N) is 1. The molecule has 0 atom stereocenters. The van der Waals surface area contributed by atoms with Gasteiger partial charge >= 0.3 is 0 Å². The van der Waals surface area contributed by atoms with Gasteiger partial charge in [0.1, 0.15) is 0 Å². The van der Waals surface area contributed by atoms with E-state index in [1.54, 1.807) is 0 Å². The monoisotopic (exact) mass is 203 g/mol. The van der Waals surface area contributed by atoms with E-state index in [-0.39, 0.29) is 0 Å². The Morgan fingerprint density at radius 2 is 1.87 bits per heavy atom. The van der Waals surface area contributed by atoms with Gasteiger partial charge in [0.25, 0.3) is 0 Å². The maximum absolute atomic E-state index is 9.19. The van der Waals surface area contributed by atoms with Gasteiger partial charge in [0.15, 0.2) is 0 Å². The maximum atomic E-state index is 9.19. The van der Waals surface area contributed by atoms with Crippen LogP contribution in [0.2, 0.25) is 0 Å². The summed E-state index contributed by atoms with van der Waals surface area (Å²) in [6.07, 6.45) is 0. The summed E-state index contributed by atoms with van der Waals surface area (Å²) in [6, 6.07) is 14.2. The molecule has 0 aliphatic carbocycles. The molecule has 2 rings (SSSR count). The van der Waals surface area contributed by atoms with Crippen molar-refractivity contribution in [3.05, 3.63) is 48.0 Å². The van der Waals surface area contributed by atoms with Crippen molar-refractivity contribution in [2.45, 2.75) is 6.54 Å². The molecule has 0 fully saturated rings. The number of hydroxylamine groups is 2. The zero-order valence-corrected chi connectivity index (χ0v) is 8.55. The summed E-state index contributed by atoms with van der Waals surface area (Å²) < 4.78 is 0. The molecule has 0 spiro atoms. The molecule has 0 heterocycles. The summed E-state index contributed by atoms with van der Waals surface area (Å²) in [5.41, 5.74) is 1.01. The van der Waals surface area contributed by atoms with Crippen molar-refractivity contribution < 1.29 is 10.0 Å². The molecule has 15 heavy (non-hydrogen) atoms. The van der Waals surface area contributed by atoms with Gasteiger partial charge in [-0.25, -0.2) is 0 Å². The zero-order chi connectivity index (χ0) is 10.7. The van der Waals surface area contributed by atoms with Gasteiger partial charge in [-0.2, -0.15) is 0 Å². The molecule has 78 valence electrons. The summed E-state index contributed by atoms with van der Waals surface area (Å²) in [6.45, 7) is 0.362. The van der Waals surface area contributed by atoms with E-state index in [9.17, 15) is 5.21 Å². The minimum Gasteiger partial charge on any atom is -0.289 e. The van der Waals surface area contributed by atoms with E-state index in [2.05, 4.69) is 10.9 Å². The van der Waals surface area contributed by atoms with E-state index in [1.807, 2.05) is 36.4 Å². The topological polar surface area (TPSA) is 32.7 Å². The van der Waals surface area contributed by atoms with Crippen molar-refractivity contribution in [2.24, 2.45) is 0 Å². The summed E-state index contributed by atoms with van der Waals surface area (Å²) in [5, 5.41) is 12.4. The molecule has 0 radical (unpaired) electrons. The summed E-state index contributed by atoms with van der Waals surface area (Å²) >= 11 is 0. The summed E-state index contributed by atoms with van der Waals surface area (Å²) in [7, 11) is 1.43. The molecular weight excluding hydrogens is 190 g/mol. The van der Waals surface area contributed by atoms with Gasteiger partial charge in [-0.05, 0) is 22.4 Å². The summed E-state index contributed by atoms with van der Waals surface area (Å²) in [4.78, 5) is 4.66. The third kappa shape index (κ3) is 2.33. The van der Waals surface area contributed by atoms with E-state index in [4.69, 9.17) is 0 Å². The van der Waals surface area contributed by atoms with Crippen LogP contribution < -0.4 is 0 Å². The van der Waals surface area contributed by atoms with Gasteiger partial charge in [-0.1, -0.05) is 41.6 Å². The highest BCUT2D eigenvalue weighted by Gasteiger charge is 2.01. The fraction of sp³-hybridized carbons (Fsp3) is 0.167. The highest BCUT2D eigenvalue weighted by atomic mass is 16.9. The van der Waals surface area contributed by atoms with Gasteiger partial charge in [0.05, 0.1) is 13.7 Å². The van der Waals surface area contributed by atoms with E-state index in [1.165, 1.54) is 17.9 Å². The number of hydrogen-bond donors (Lipinski definition) is 1. The highest BCUT2D eigenvalue weighted by Crippen LogP contribution is 2.16. The fourth-order valence-electron chi connectivity index (χ4n) is 1.56. The molecular formula is C12H13NO2. The third-order valence-corrected chi connectivity index (χ3v) is 2.34. The quantitative estimate of drug-likeness (QED) is 0.778. The first-order valence-corrected chi connectivity index (χ1v) is 4.78. The van der Waals surface area contributed by atoms with Gasteiger partial charge < -0.3 is 0 Å². The number of fused-ring (bicyclic) bond motifs is 1. The first-order valence-electron chi connectivity index (χ1n) is 4.78. The molecule has 0 amide bonds.